The molecule has 98 valence electrons. The van der Waals surface area contributed by atoms with Crippen molar-refractivity contribution in [2.45, 2.75) is 30.7 Å². The molecule has 1 aromatic rings. The quantitative estimate of drug-likeness (QED) is 0.853. The number of hydrogen-bond donors (Lipinski definition) is 1. The molecule has 0 aliphatic carbocycles. The van der Waals surface area contributed by atoms with Gasteiger partial charge in [0.2, 0.25) is 10.0 Å². The van der Waals surface area contributed by atoms with E-state index in [0.717, 1.165) is 12.0 Å². The fraction of sp³-hybridized carbons (Fsp3) is 0.417. The zero-order valence-electron chi connectivity index (χ0n) is 10.2. The molecule has 0 bridgehead atoms. The molecule has 1 atom stereocenters. The van der Waals surface area contributed by atoms with Gasteiger partial charge in [0, 0.05) is 6.54 Å². The first-order chi connectivity index (χ1) is 8.43. The van der Waals surface area contributed by atoms with Crippen LogP contribution in [0.1, 0.15) is 18.4 Å². The molecule has 1 aromatic carbocycles. The highest BCUT2D eigenvalue weighted by atomic mass is 32.2. The van der Waals surface area contributed by atoms with E-state index in [2.05, 4.69) is 0 Å². The van der Waals surface area contributed by atoms with Gasteiger partial charge < -0.3 is 5.73 Å². The van der Waals surface area contributed by atoms with Crippen molar-refractivity contribution in [1.29, 1.82) is 0 Å². The molecule has 0 amide bonds. The Labute approximate surface area is 113 Å². The molecule has 0 radical (unpaired) electrons. The molecule has 1 heterocycles. The average Bonchev–Trinajstić information content (AvgIpc) is 2.79. The van der Waals surface area contributed by atoms with Crippen LogP contribution in [0.2, 0.25) is 0 Å². The fourth-order valence-corrected chi connectivity index (χ4v) is 4.14. The van der Waals surface area contributed by atoms with Gasteiger partial charge in [-0.1, -0.05) is 29.9 Å². The van der Waals surface area contributed by atoms with Crippen molar-refractivity contribution in [3.8, 4) is 0 Å². The smallest absolute Gasteiger partial charge is 0.243 e. The molecule has 4 nitrogen and oxygen atoms in total. The van der Waals surface area contributed by atoms with Crippen LogP contribution in [0, 0.1) is 6.92 Å². The Morgan fingerprint density at radius 3 is 2.56 bits per heavy atom. The molecule has 0 spiro atoms. The maximum Gasteiger partial charge on any atom is 0.243 e. The van der Waals surface area contributed by atoms with E-state index in [4.69, 9.17) is 18.0 Å². The molecule has 1 saturated heterocycles. The SMILES string of the molecule is Cc1ccc(S(=O)(=O)N2CCCC2C(N)=S)cc1. The monoisotopic (exact) mass is 284 g/mol. The van der Waals surface area contributed by atoms with Gasteiger partial charge in [-0.3, -0.25) is 0 Å². The number of sulfonamides is 1. The van der Waals surface area contributed by atoms with E-state index in [-0.39, 0.29) is 11.0 Å². The number of hydrogen-bond acceptors (Lipinski definition) is 3. The summed E-state index contributed by atoms with van der Waals surface area (Å²) in [7, 11) is -3.48. The van der Waals surface area contributed by atoms with Crippen LogP contribution in [0.4, 0.5) is 0 Å². The molecule has 1 fully saturated rings. The summed E-state index contributed by atoms with van der Waals surface area (Å²) < 4.78 is 26.4. The van der Waals surface area contributed by atoms with E-state index in [9.17, 15) is 8.42 Å². The van der Waals surface area contributed by atoms with Crippen molar-refractivity contribution in [2.75, 3.05) is 6.54 Å². The normalized spacial score (nSPS) is 21.1. The third kappa shape index (κ3) is 2.41. The summed E-state index contributed by atoms with van der Waals surface area (Å²) in [5.41, 5.74) is 6.64. The fourth-order valence-electron chi connectivity index (χ4n) is 2.16. The lowest BCUT2D eigenvalue weighted by Crippen LogP contribution is -2.42. The number of nitrogens with zero attached hydrogens (tertiary/aromatic N) is 1. The van der Waals surface area contributed by atoms with Gasteiger partial charge in [-0.15, -0.1) is 0 Å². The molecule has 6 heteroatoms. The number of nitrogens with two attached hydrogens (primary N) is 1. The van der Waals surface area contributed by atoms with Gasteiger partial charge in [0.1, 0.15) is 0 Å². The van der Waals surface area contributed by atoms with Crippen LogP contribution in [0.3, 0.4) is 0 Å². The van der Waals surface area contributed by atoms with Crippen LogP contribution < -0.4 is 5.73 Å². The van der Waals surface area contributed by atoms with Crippen LogP contribution in [0.25, 0.3) is 0 Å². The predicted octanol–water partition coefficient (Wildman–Crippen LogP) is 1.43. The van der Waals surface area contributed by atoms with Crippen LogP contribution in [-0.2, 0) is 10.0 Å². The summed E-state index contributed by atoms with van der Waals surface area (Å²) in [4.78, 5) is 0.555. The summed E-state index contributed by atoms with van der Waals surface area (Å²) in [5, 5.41) is 0. The zero-order valence-corrected chi connectivity index (χ0v) is 11.8. The standard InChI is InChI=1S/C12H16N2O2S2/c1-9-4-6-10(7-5-9)18(15,16)14-8-2-3-11(14)12(13)17/h4-7,11H,2-3,8H2,1H3,(H2,13,17). The summed E-state index contributed by atoms with van der Waals surface area (Å²) in [6, 6.07) is 6.49. The van der Waals surface area contributed by atoms with Gasteiger partial charge in [0.15, 0.2) is 0 Å². The topological polar surface area (TPSA) is 63.4 Å². The second-order valence-corrected chi connectivity index (χ2v) is 6.85. The van der Waals surface area contributed by atoms with Crippen LogP contribution >= 0.6 is 12.2 Å². The molecule has 18 heavy (non-hydrogen) atoms. The van der Waals surface area contributed by atoms with Gasteiger partial charge in [-0.05, 0) is 31.9 Å². The predicted molar refractivity (Wildman–Crippen MR) is 74.9 cm³/mol. The lowest BCUT2D eigenvalue weighted by molar-refractivity contribution is 0.446. The van der Waals surface area contributed by atoms with Gasteiger partial charge in [0.25, 0.3) is 0 Å². The largest absolute Gasteiger partial charge is 0.392 e. The Kier molecular flexibility index (Phi) is 3.70. The molecule has 0 aromatic heterocycles. The third-order valence-corrected chi connectivity index (χ3v) is 5.35. The maximum atomic E-state index is 12.5. The first-order valence-electron chi connectivity index (χ1n) is 5.81. The molecular weight excluding hydrogens is 268 g/mol. The van der Waals surface area contributed by atoms with Crippen molar-refractivity contribution >= 4 is 27.2 Å². The van der Waals surface area contributed by atoms with E-state index >= 15 is 0 Å². The van der Waals surface area contributed by atoms with Crippen molar-refractivity contribution in [3.63, 3.8) is 0 Å². The third-order valence-electron chi connectivity index (χ3n) is 3.16. The first kappa shape index (κ1) is 13.5. The number of aryl methyl sites for hydroxylation is 1. The van der Waals surface area contributed by atoms with Gasteiger partial charge in [0.05, 0.1) is 15.9 Å². The van der Waals surface area contributed by atoms with Gasteiger partial charge in [-0.2, -0.15) is 4.31 Å². The lowest BCUT2D eigenvalue weighted by Gasteiger charge is -2.23. The second-order valence-electron chi connectivity index (χ2n) is 4.49. The Morgan fingerprint density at radius 2 is 2.00 bits per heavy atom. The number of benzene rings is 1. The Hall–Kier alpha value is -0.980. The Bertz CT molecular complexity index is 552. The second kappa shape index (κ2) is 4.95. The summed E-state index contributed by atoms with van der Waals surface area (Å²) >= 11 is 4.94. The zero-order chi connectivity index (χ0) is 13.3. The molecule has 1 aliphatic rings. The highest BCUT2D eigenvalue weighted by Crippen LogP contribution is 2.26. The van der Waals surface area contributed by atoms with Crippen LogP contribution in [0.5, 0.6) is 0 Å². The van der Waals surface area contributed by atoms with Crippen LogP contribution in [0.15, 0.2) is 29.2 Å². The van der Waals surface area contributed by atoms with Crippen molar-refractivity contribution in [3.05, 3.63) is 29.8 Å². The van der Waals surface area contributed by atoms with E-state index in [1.54, 1.807) is 24.3 Å². The number of rotatable bonds is 3. The van der Waals surface area contributed by atoms with Crippen LogP contribution in [-0.4, -0.2) is 30.3 Å². The molecule has 2 rings (SSSR count). The summed E-state index contributed by atoms with van der Waals surface area (Å²) in [6.07, 6.45) is 1.51. The minimum atomic E-state index is -3.48. The van der Waals surface area contributed by atoms with E-state index in [1.165, 1.54) is 4.31 Å². The van der Waals surface area contributed by atoms with Gasteiger partial charge in [-0.25, -0.2) is 8.42 Å². The first-order valence-corrected chi connectivity index (χ1v) is 7.65. The summed E-state index contributed by atoms with van der Waals surface area (Å²) in [5.74, 6) is 0. The molecule has 2 N–H and O–H groups in total. The van der Waals surface area contributed by atoms with E-state index < -0.39 is 10.0 Å². The minimum Gasteiger partial charge on any atom is -0.392 e. The average molecular weight is 284 g/mol. The van der Waals surface area contributed by atoms with E-state index in [1.807, 2.05) is 6.92 Å². The van der Waals surface area contributed by atoms with Crippen molar-refractivity contribution in [2.24, 2.45) is 5.73 Å². The molecule has 1 unspecified atom stereocenters. The highest BCUT2D eigenvalue weighted by molar-refractivity contribution is 7.89. The lowest BCUT2D eigenvalue weighted by atomic mass is 10.2. The summed E-state index contributed by atoms with van der Waals surface area (Å²) in [6.45, 7) is 2.41. The molecular formula is C12H16N2O2S2. The maximum absolute atomic E-state index is 12.5. The molecule has 1 aliphatic heterocycles. The van der Waals surface area contributed by atoms with Crippen molar-refractivity contribution in [1.82, 2.24) is 4.31 Å². The van der Waals surface area contributed by atoms with E-state index in [0.29, 0.717) is 17.9 Å². The van der Waals surface area contributed by atoms with Crippen molar-refractivity contribution < 1.29 is 8.42 Å². The Morgan fingerprint density at radius 1 is 1.39 bits per heavy atom. The number of thiocarbonyl (C=S) groups is 1. The Balaban J connectivity index is 2.36. The highest BCUT2D eigenvalue weighted by Gasteiger charge is 2.36. The minimum absolute atomic E-state index is 0.253. The molecule has 0 saturated carbocycles. The van der Waals surface area contributed by atoms with Gasteiger partial charge >= 0.3 is 0 Å².